The molecule has 0 saturated heterocycles. The first-order valence-electron chi connectivity index (χ1n) is 11.1. The number of hydrogen-bond donors (Lipinski definition) is 3. The fourth-order valence-electron chi connectivity index (χ4n) is 3.30. The van der Waals surface area contributed by atoms with Crippen LogP contribution in [0.1, 0.15) is 51.1 Å². The largest absolute Gasteiger partial charge is 0.385 e. The van der Waals surface area contributed by atoms with E-state index in [-0.39, 0.29) is 5.91 Å². The zero-order chi connectivity index (χ0) is 23.8. The predicted octanol–water partition coefficient (Wildman–Crippen LogP) is 3.04. The number of hydrogen-bond acceptors (Lipinski definition) is 7. The van der Waals surface area contributed by atoms with Gasteiger partial charge in [0.1, 0.15) is 11.8 Å². The highest BCUT2D eigenvalue weighted by Crippen LogP contribution is 2.27. The highest BCUT2D eigenvalue weighted by Gasteiger charge is 2.24. The molecule has 1 aromatic carbocycles. The molecule has 0 bridgehead atoms. The fourth-order valence-corrected chi connectivity index (χ4v) is 3.30. The van der Waals surface area contributed by atoms with Gasteiger partial charge >= 0.3 is 0 Å². The standard InChI is InChI=1S/C19H19N5O2.C5H13NO/c1-11-3-4-13(19(26)22-15-5-6-15)7-16(11)23-18-17-12(2)14(9-25)8-24(17)21-10-20-18;1-6-4-3-5-7-2/h3-4,7-10,15H,5-6H2,1-2H3,(H,22,26)(H,20,21,23);6H,3-5H2,1-2H3. The number of amides is 1. The Balaban J connectivity index is 0.000000383. The summed E-state index contributed by atoms with van der Waals surface area (Å²) in [6.07, 6.45) is 7.12. The van der Waals surface area contributed by atoms with Gasteiger partial charge in [-0.05, 0) is 70.0 Å². The Hall–Kier alpha value is -3.30. The number of carbonyl (C=O) groups is 2. The molecule has 3 N–H and O–H groups in total. The van der Waals surface area contributed by atoms with Crippen LogP contribution < -0.4 is 16.0 Å². The number of rotatable bonds is 9. The molecular formula is C24H32N6O3. The third-order valence-corrected chi connectivity index (χ3v) is 5.43. The number of aldehydes is 1. The highest BCUT2D eigenvalue weighted by molar-refractivity contribution is 5.96. The Morgan fingerprint density at radius 3 is 2.76 bits per heavy atom. The molecule has 0 aliphatic heterocycles. The Morgan fingerprint density at radius 2 is 2.09 bits per heavy atom. The van der Waals surface area contributed by atoms with Crippen molar-refractivity contribution in [1.82, 2.24) is 25.2 Å². The Morgan fingerprint density at radius 1 is 1.30 bits per heavy atom. The molecule has 9 nitrogen and oxygen atoms in total. The number of ether oxygens (including phenoxy) is 1. The Kier molecular flexibility index (Phi) is 8.51. The summed E-state index contributed by atoms with van der Waals surface area (Å²) in [7, 11) is 3.66. The van der Waals surface area contributed by atoms with Gasteiger partial charge in [0.25, 0.3) is 5.91 Å². The maximum Gasteiger partial charge on any atom is 0.251 e. The van der Waals surface area contributed by atoms with Crippen molar-refractivity contribution in [1.29, 1.82) is 0 Å². The van der Waals surface area contributed by atoms with Gasteiger partial charge < -0.3 is 20.7 Å². The van der Waals surface area contributed by atoms with Crippen LogP contribution in [0.4, 0.5) is 11.5 Å². The lowest BCUT2D eigenvalue weighted by Crippen LogP contribution is -2.25. The van der Waals surface area contributed by atoms with E-state index in [9.17, 15) is 9.59 Å². The van der Waals surface area contributed by atoms with Crippen LogP contribution in [0.2, 0.25) is 0 Å². The lowest BCUT2D eigenvalue weighted by atomic mass is 10.1. The maximum atomic E-state index is 12.3. The van der Waals surface area contributed by atoms with Crippen LogP contribution in [-0.2, 0) is 4.74 Å². The van der Waals surface area contributed by atoms with Gasteiger partial charge in [-0.25, -0.2) is 9.50 Å². The molecule has 2 heterocycles. The topological polar surface area (TPSA) is 110 Å². The van der Waals surface area contributed by atoms with Crippen molar-refractivity contribution in [2.24, 2.45) is 0 Å². The molecule has 1 amide bonds. The van der Waals surface area contributed by atoms with E-state index < -0.39 is 0 Å². The SMILES string of the molecule is CNCCCOC.Cc1ccc(C(=O)NC2CC2)cc1Nc1ncnn2cc(C=O)c(C)c12. The third-order valence-electron chi connectivity index (χ3n) is 5.43. The minimum atomic E-state index is -0.0644. The zero-order valence-electron chi connectivity index (χ0n) is 19.6. The van der Waals surface area contributed by atoms with Gasteiger partial charge in [0.05, 0.1) is 0 Å². The molecule has 1 aliphatic rings. The van der Waals surface area contributed by atoms with Gasteiger partial charge in [-0.3, -0.25) is 9.59 Å². The van der Waals surface area contributed by atoms with E-state index in [1.807, 2.05) is 39.1 Å². The van der Waals surface area contributed by atoms with Crippen molar-refractivity contribution in [2.75, 3.05) is 32.6 Å². The summed E-state index contributed by atoms with van der Waals surface area (Å²) in [5, 5.41) is 13.5. The quantitative estimate of drug-likeness (QED) is 0.338. The van der Waals surface area contributed by atoms with Crippen LogP contribution in [-0.4, -0.2) is 60.1 Å². The zero-order valence-corrected chi connectivity index (χ0v) is 19.6. The van der Waals surface area contributed by atoms with Crippen molar-refractivity contribution in [3.63, 3.8) is 0 Å². The molecule has 1 saturated carbocycles. The van der Waals surface area contributed by atoms with Gasteiger partial charge in [0.15, 0.2) is 12.1 Å². The summed E-state index contributed by atoms with van der Waals surface area (Å²) in [6, 6.07) is 5.86. The summed E-state index contributed by atoms with van der Waals surface area (Å²) in [4.78, 5) is 27.8. The molecule has 176 valence electrons. The predicted molar refractivity (Wildman–Crippen MR) is 128 cm³/mol. The second-order valence-electron chi connectivity index (χ2n) is 8.08. The average Bonchev–Trinajstić information content (AvgIpc) is 3.57. The number of anilines is 2. The highest BCUT2D eigenvalue weighted by atomic mass is 16.5. The first kappa shape index (κ1) is 24.3. The number of nitrogens with zero attached hydrogens (tertiary/aromatic N) is 3. The number of benzene rings is 1. The second-order valence-corrected chi connectivity index (χ2v) is 8.08. The second kappa shape index (κ2) is 11.5. The minimum absolute atomic E-state index is 0.0644. The summed E-state index contributed by atoms with van der Waals surface area (Å²) < 4.78 is 6.44. The third kappa shape index (κ3) is 6.36. The van der Waals surface area contributed by atoms with Crippen LogP contribution in [0.5, 0.6) is 0 Å². The minimum Gasteiger partial charge on any atom is -0.385 e. The van der Waals surface area contributed by atoms with E-state index in [4.69, 9.17) is 4.74 Å². The molecule has 3 aromatic rings. The van der Waals surface area contributed by atoms with E-state index in [2.05, 4.69) is 26.0 Å². The number of methoxy groups -OCH3 is 1. The number of nitrogens with one attached hydrogen (secondary N) is 3. The van der Waals surface area contributed by atoms with Gasteiger partial charge in [-0.2, -0.15) is 5.10 Å². The monoisotopic (exact) mass is 452 g/mol. The van der Waals surface area contributed by atoms with Gasteiger partial charge in [0.2, 0.25) is 0 Å². The lowest BCUT2D eigenvalue weighted by molar-refractivity contribution is 0.0950. The van der Waals surface area contributed by atoms with Crippen molar-refractivity contribution in [3.05, 3.63) is 53.0 Å². The lowest BCUT2D eigenvalue weighted by Gasteiger charge is -2.12. The first-order chi connectivity index (χ1) is 16.0. The summed E-state index contributed by atoms with van der Waals surface area (Å²) in [5.74, 6) is 0.527. The molecule has 9 heteroatoms. The number of fused-ring (bicyclic) bond motifs is 1. The average molecular weight is 453 g/mol. The molecule has 1 aliphatic carbocycles. The normalized spacial score (nSPS) is 12.7. The van der Waals surface area contributed by atoms with Gasteiger partial charge in [-0.15, -0.1) is 0 Å². The van der Waals surface area contributed by atoms with Crippen LogP contribution >= 0.6 is 0 Å². The molecule has 2 aromatic heterocycles. The van der Waals surface area contributed by atoms with Crippen LogP contribution in [0.15, 0.2) is 30.7 Å². The van der Waals surface area contributed by atoms with Gasteiger partial charge in [-0.1, -0.05) is 6.07 Å². The summed E-state index contributed by atoms with van der Waals surface area (Å²) in [5.41, 5.74) is 4.51. The van der Waals surface area contributed by atoms with Crippen molar-refractivity contribution >= 4 is 29.2 Å². The molecule has 33 heavy (non-hydrogen) atoms. The Labute approximate surface area is 193 Å². The molecule has 0 unspecified atom stereocenters. The van der Waals surface area contributed by atoms with Crippen LogP contribution in [0, 0.1) is 13.8 Å². The van der Waals surface area contributed by atoms with Crippen LogP contribution in [0.3, 0.4) is 0 Å². The molecule has 0 spiro atoms. The van der Waals surface area contributed by atoms with E-state index in [0.29, 0.717) is 23.0 Å². The van der Waals surface area contributed by atoms with E-state index in [1.165, 1.54) is 6.33 Å². The maximum absolute atomic E-state index is 12.3. The van der Waals surface area contributed by atoms with Crippen molar-refractivity contribution < 1.29 is 14.3 Å². The summed E-state index contributed by atoms with van der Waals surface area (Å²) in [6.45, 7) is 5.74. The Bertz CT molecular complexity index is 1100. The number of carbonyl (C=O) groups excluding carboxylic acids is 2. The number of aromatic nitrogens is 3. The van der Waals surface area contributed by atoms with Crippen molar-refractivity contribution in [3.8, 4) is 0 Å². The van der Waals surface area contributed by atoms with Crippen LogP contribution in [0.25, 0.3) is 5.52 Å². The van der Waals surface area contributed by atoms with E-state index >= 15 is 0 Å². The van der Waals surface area contributed by atoms with E-state index in [0.717, 1.165) is 61.0 Å². The molecule has 0 radical (unpaired) electrons. The first-order valence-corrected chi connectivity index (χ1v) is 11.1. The molecule has 4 rings (SSSR count). The molecule has 1 fully saturated rings. The van der Waals surface area contributed by atoms with E-state index in [1.54, 1.807) is 17.8 Å². The number of aryl methyl sites for hydroxylation is 2. The van der Waals surface area contributed by atoms with Gasteiger partial charge in [0, 0.05) is 42.8 Å². The molecule has 0 atom stereocenters. The fraction of sp³-hybridized carbons (Fsp3) is 0.417. The smallest absolute Gasteiger partial charge is 0.251 e. The van der Waals surface area contributed by atoms with Crippen molar-refractivity contribution in [2.45, 2.75) is 39.2 Å². The molecular weight excluding hydrogens is 420 g/mol. The summed E-state index contributed by atoms with van der Waals surface area (Å²) >= 11 is 0.